The van der Waals surface area contributed by atoms with Crippen LogP contribution in [0.15, 0.2) is 10.5 Å². The number of rotatable bonds is 6. The Balaban J connectivity index is 2.73. The molecule has 0 radical (unpaired) electrons. The Morgan fingerprint density at radius 1 is 1.53 bits per heavy atom. The summed E-state index contributed by atoms with van der Waals surface area (Å²) in [6.45, 7) is 10.8. The van der Waals surface area contributed by atoms with Crippen LogP contribution in [0, 0.1) is 12.8 Å². The van der Waals surface area contributed by atoms with E-state index in [2.05, 4.69) is 25.7 Å². The fourth-order valence-corrected chi connectivity index (χ4v) is 1.88. The molecule has 96 valence electrons. The SMILES string of the molecule is CCN(Cc1cc(C)c(C(=O)O)o1)CC(C)C. The Hall–Kier alpha value is -1.29. The summed E-state index contributed by atoms with van der Waals surface area (Å²) in [4.78, 5) is 13.1. The van der Waals surface area contributed by atoms with E-state index in [1.807, 2.05) is 6.07 Å². The molecule has 0 bridgehead atoms. The summed E-state index contributed by atoms with van der Waals surface area (Å²) in [5, 5.41) is 8.91. The van der Waals surface area contributed by atoms with Gasteiger partial charge in [-0.25, -0.2) is 4.79 Å². The van der Waals surface area contributed by atoms with Gasteiger partial charge in [0.2, 0.25) is 5.76 Å². The van der Waals surface area contributed by atoms with Crippen molar-refractivity contribution < 1.29 is 14.3 Å². The normalized spacial score (nSPS) is 11.4. The predicted molar refractivity (Wildman–Crippen MR) is 66.2 cm³/mol. The molecule has 1 aromatic heterocycles. The number of nitrogens with zero attached hydrogens (tertiary/aromatic N) is 1. The van der Waals surface area contributed by atoms with Crippen LogP contribution in [0.2, 0.25) is 0 Å². The van der Waals surface area contributed by atoms with E-state index in [0.29, 0.717) is 18.0 Å². The van der Waals surface area contributed by atoms with Crippen molar-refractivity contribution in [3.63, 3.8) is 0 Å². The first-order valence-corrected chi connectivity index (χ1v) is 5.99. The molecule has 0 fully saturated rings. The summed E-state index contributed by atoms with van der Waals surface area (Å²) >= 11 is 0. The highest BCUT2D eigenvalue weighted by Gasteiger charge is 2.16. The number of hydrogen-bond acceptors (Lipinski definition) is 3. The third-order valence-corrected chi connectivity index (χ3v) is 2.61. The third-order valence-electron chi connectivity index (χ3n) is 2.61. The lowest BCUT2D eigenvalue weighted by atomic mass is 10.2. The molecular weight excluding hydrogens is 218 g/mol. The van der Waals surface area contributed by atoms with E-state index < -0.39 is 5.97 Å². The van der Waals surface area contributed by atoms with Crippen LogP contribution in [-0.2, 0) is 6.54 Å². The van der Waals surface area contributed by atoms with E-state index in [9.17, 15) is 4.79 Å². The summed E-state index contributed by atoms with van der Waals surface area (Å²) in [5.74, 6) is 0.369. The molecule has 0 aromatic carbocycles. The number of furan rings is 1. The number of aryl methyl sites for hydroxylation is 1. The molecule has 0 aliphatic carbocycles. The van der Waals surface area contributed by atoms with Crippen LogP contribution >= 0.6 is 0 Å². The molecule has 0 amide bonds. The molecular formula is C13H21NO3. The van der Waals surface area contributed by atoms with E-state index in [-0.39, 0.29) is 5.76 Å². The Kier molecular flexibility index (Phi) is 4.75. The van der Waals surface area contributed by atoms with Crippen LogP contribution in [-0.4, -0.2) is 29.1 Å². The second kappa shape index (κ2) is 5.87. The predicted octanol–water partition coefficient (Wildman–Crippen LogP) is 2.76. The Morgan fingerprint density at radius 2 is 2.18 bits per heavy atom. The fraction of sp³-hybridized carbons (Fsp3) is 0.615. The molecule has 0 aliphatic heterocycles. The average molecular weight is 239 g/mol. The molecule has 0 aliphatic rings. The van der Waals surface area contributed by atoms with Crippen LogP contribution in [0.4, 0.5) is 0 Å². The van der Waals surface area contributed by atoms with Crippen molar-refractivity contribution in [3.8, 4) is 0 Å². The molecule has 4 heteroatoms. The van der Waals surface area contributed by atoms with Gasteiger partial charge in [-0.15, -0.1) is 0 Å². The number of aromatic carboxylic acids is 1. The van der Waals surface area contributed by atoms with Gasteiger partial charge in [0.15, 0.2) is 0 Å². The van der Waals surface area contributed by atoms with E-state index in [4.69, 9.17) is 9.52 Å². The molecule has 4 nitrogen and oxygen atoms in total. The van der Waals surface area contributed by atoms with E-state index in [0.717, 1.165) is 18.8 Å². The van der Waals surface area contributed by atoms with Gasteiger partial charge < -0.3 is 9.52 Å². The molecule has 17 heavy (non-hydrogen) atoms. The zero-order valence-corrected chi connectivity index (χ0v) is 11.0. The highest BCUT2D eigenvalue weighted by Crippen LogP contribution is 2.16. The zero-order valence-electron chi connectivity index (χ0n) is 11.0. The lowest BCUT2D eigenvalue weighted by molar-refractivity contribution is 0.0657. The summed E-state index contributed by atoms with van der Waals surface area (Å²) < 4.78 is 5.35. The minimum Gasteiger partial charge on any atom is -0.475 e. The molecule has 0 unspecified atom stereocenters. The molecule has 1 heterocycles. The first-order valence-electron chi connectivity index (χ1n) is 5.99. The van der Waals surface area contributed by atoms with E-state index in [1.54, 1.807) is 6.92 Å². The van der Waals surface area contributed by atoms with Crippen LogP contribution in [0.3, 0.4) is 0 Å². The standard InChI is InChI=1S/C13H21NO3/c1-5-14(7-9(2)3)8-11-6-10(4)12(17-11)13(15)16/h6,9H,5,7-8H2,1-4H3,(H,15,16). The highest BCUT2D eigenvalue weighted by molar-refractivity contribution is 5.86. The first kappa shape index (κ1) is 13.8. The van der Waals surface area contributed by atoms with Crippen LogP contribution < -0.4 is 0 Å². The van der Waals surface area contributed by atoms with Gasteiger partial charge in [-0.05, 0) is 25.5 Å². The molecule has 1 rings (SSSR count). The van der Waals surface area contributed by atoms with E-state index >= 15 is 0 Å². The van der Waals surface area contributed by atoms with E-state index in [1.165, 1.54) is 0 Å². The van der Waals surface area contributed by atoms with Crippen molar-refractivity contribution in [2.75, 3.05) is 13.1 Å². The largest absolute Gasteiger partial charge is 0.475 e. The zero-order chi connectivity index (χ0) is 13.0. The molecule has 1 N–H and O–H groups in total. The number of carboxylic acid groups (broad SMARTS) is 1. The summed E-state index contributed by atoms with van der Waals surface area (Å²) in [6, 6.07) is 1.81. The number of carboxylic acids is 1. The Morgan fingerprint density at radius 3 is 2.59 bits per heavy atom. The second-order valence-electron chi connectivity index (χ2n) is 4.75. The summed E-state index contributed by atoms with van der Waals surface area (Å²) in [6.07, 6.45) is 0. The Labute approximate surface area is 102 Å². The van der Waals surface area contributed by atoms with Crippen molar-refractivity contribution in [1.82, 2.24) is 4.90 Å². The van der Waals surface area contributed by atoms with Gasteiger partial charge in [-0.2, -0.15) is 0 Å². The maximum atomic E-state index is 10.9. The minimum absolute atomic E-state index is 0.0561. The summed E-state index contributed by atoms with van der Waals surface area (Å²) in [5.41, 5.74) is 0.688. The quantitative estimate of drug-likeness (QED) is 0.829. The second-order valence-corrected chi connectivity index (χ2v) is 4.75. The van der Waals surface area contributed by atoms with Crippen molar-refractivity contribution in [3.05, 3.63) is 23.2 Å². The Bertz CT molecular complexity index is 382. The smallest absolute Gasteiger partial charge is 0.372 e. The van der Waals surface area contributed by atoms with Crippen molar-refractivity contribution in [2.24, 2.45) is 5.92 Å². The summed E-state index contributed by atoms with van der Waals surface area (Å²) in [7, 11) is 0. The van der Waals surface area contributed by atoms with Gasteiger partial charge in [0.05, 0.1) is 6.54 Å². The molecule has 0 spiro atoms. The van der Waals surface area contributed by atoms with Crippen LogP contribution in [0.5, 0.6) is 0 Å². The average Bonchev–Trinajstić information content (AvgIpc) is 2.57. The van der Waals surface area contributed by atoms with Gasteiger partial charge in [0.1, 0.15) is 5.76 Å². The van der Waals surface area contributed by atoms with Crippen molar-refractivity contribution in [1.29, 1.82) is 0 Å². The van der Waals surface area contributed by atoms with Gasteiger partial charge >= 0.3 is 5.97 Å². The van der Waals surface area contributed by atoms with Crippen LogP contribution in [0.1, 0.15) is 42.6 Å². The van der Waals surface area contributed by atoms with Gasteiger partial charge in [0.25, 0.3) is 0 Å². The molecule has 0 atom stereocenters. The first-order chi connectivity index (χ1) is 7.93. The lowest BCUT2D eigenvalue weighted by Gasteiger charge is -2.21. The monoisotopic (exact) mass is 239 g/mol. The van der Waals surface area contributed by atoms with Crippen molar-refractivity contribution >= 4 is 5.97 Å². The van der Waals surface area contributed by atoms with Crippen LogP contribution in [0.25, 0.3) is 0 Å². The number of hydrogen-bond donors (Lipinski definition) is 1. The lowest BCUT2D eigenvalue weighted by Crippen LogP contribution is -2.26. The maximum Gasteiger partial charge on any atom is 0.372 e. The molecule has 1 aromatic rings. The maximum absolute atomic E-state index is 10.9. The van der Waals surface area contributed by atoms with Crippen molar-refractivity contribution in [2.45, 2.75) is 34.2 Å². The number of carbonyl (C=O) groups is 1. The topological polar surface area (TPSA) is 53.7 Å². The molecule has 0 saturated carbocycles. The fourth-order valence-electron chi connectivity index (χ4n) is 1.88. The highest BCUT2D eigenvalue weighted by atomic mass is 16.4. The van der Waals surface area contributed by atoms with Gasteiger partial charge in [-0.3, -0.25) is 4.90 Å². The minimum atomic E-state index is -0.999. The third kappa shape index (κ3) is 3.89. The molecule has 0 saturated heterocycles. The van der Waals surface area contributed by atoms with Gasteiger partial charge in [-0.1, -0.05) is 20.8 Å². The van der Waals surface area contributed by atoms with Gasteiger partial charge in [0, 0.05) is 12.1 Å².